The zero-order chi connectivity index (χ0) is 12.4. The molecule has 0 spiro atoms. The molecule has 1 unspecified atom stereocenters. The molecule has 2 heterocycles. The summed E-state index contributed by atoms with van der Waals surface area (Å²) in [6.45, 7) is 3.99. The maximum Gasteiger partial charge on any atom is 0.318 e. The van der Waals surface area contributed by atoms with Crippen molar-refractivity contribution in [3.05, 3.63) is 5.89 Å². The number of nitrogens with one attached hydrogen (secondary N) is 1. The van der Waals surface area contributed by atoms with Crippen molar-refractivity contribution in [3.63, 3.8) is 0 Å². The largest absolute Gasteiger partial charge is 0.407 e. The van der Waals surface area contributed by atoms with Gasteiger partial charge in [-0.1, -0.05) is 12.0 Å². The van der Waals surface area contributed by atoms with E-state index in [-0.39, 0.29) is 0 Å². The lowest BCUT2D eigenvalue weighted by Crippen LogP contribution is -2.39. The molecule has 1 aliphatic carbocycles. The van der Waals surface area contributed by atoms with E-state index in [2.05, 4.69) is 27.3 Å². The molecule has 2 aliphatic rings. The Kier molecular flexibility index (Phi) is 3.50. The summed E-state index contributed by atoms with van der Waals surface area (Å²) in [6, 6.07) is 1.97. The standard InChI is InChI=1S/C13H22N4O/c1-2-11-5-3-4-8-17(11)13-16-15-12(18-13)9-14-10-6-7-10/h10-11,14H,2-9H2,1H3. The van der Waals surface area contributed by atoms with Crippen molar-refractivity contribution in [1.82, 2.24) is 15.5 Å². The summed E-state index contributed by atoms with van der Waals surface area (Å²) in [5, 5.41) is 11.7. The van der Waals surface area contributed by atoms with Gasteiger partial charge in [0.25, 0.3) is 0 Å². The molecule has 1 aromatic rings. The van der Waals surface area contributed by atoms with Gasteiger partial charge < -0.3 is 14.6 Å². The summed E-state index contributed by atoms with van der Waals surface area (Å²) < 4.78 is 5.77. The Balaban J connectivity index is 1.62. The first-order valence-corrected chi connectivity index (χ1v) is 7.19. The number of hydrogen-bond donors (Lipinski definition) is 1. The highest BCUT2D eigenvalue weighted by Gasteiger charge is 2.26. The second-order valence-electron chi connectivity index (χ2n) is 5.38. The van der Waals surface area contributed by atoms with Crippen LogP contribution in [0, 0.1) is 0 Å². The number of piperidine rings is 1. The first-order valence-electron chi connectivity index (χ1n) is 7.19. The molecule has 1 N–H and O–H groups in total. The number of nitrogens with zero attached hydrogens (tertiary/aromatic N) is 3. The minimum Gasteiger partial charge on any atom is -0.407 e. The molecule has 1 aliphatic heterocycles. The smallest absolute Gasteiger partial charge is 0.318 e. The zero-order valence-corrected chi connectivity index (χ0v) is 11.1. The van der Waals surface area contributed by atoms with Crippen LogP contribution in [0.3, 0.4) is 0 Å². The van der Waals surface area contributed by atoms with E-state index in [1.165, 1.54) is 32.1 Å². The Labute approximate surface area is 108 Å². The van der Waals surface area contributed by atoms with Crippen molar-refractivity contribution in [3.8, 4) is 0 Å². The fourth-order valence-corrected chi connectivity index (χ4v) is 2.63. The van der Waals surface area contributed by atoms with E-state index in [0.717, 1.165) is 18.9 Å². The van der Waals surface area contributed by atoms with Gasteiger partial charge in [-0.05, 0) is 38.5 Å². The van der Waals surface area contributed by atoms with Crippen LogP contribution in [0.25, 0.3) is 0 Å². The van der Waals surface area contributed by atoms with Crippen molar-refractivity contribution in [2.75, 3.05) is 11.4 Å². The molecule has 0 radical (unpaired) electrons. The first kappa shape index (κ1) is 12.0. The quantitative estimate of drug-likeness (QED) is 0.867. The SMILES string of the molecule is CCC1CCCCN1c1nnc(CNC2CC2)o1. The van der Waals surface area contributed by atoms with Crippen LogP contribution in [0.15, 0.2) is 4.42 Å². The molecule has 1 atom stereocenters. The fourth-order valence-electron chi connectivity index (χ4n) is 2.63. The molecule has 5 nitrogen and oxygen atoms in total. The predicted octanol–water partition coefficient (Wildman–Crippen LogP) is 2.09. The Morgan fingerprint density at radius 1 is 1.28 bits per heavy atom. The third kappa shape index (κ3) is 2.66. The molecule has 0 bridgehead atoms. The van der Waals surface area contributed by atoms with E-state index in [1.807, 2.05) is 0 Å². The maximum atomic E-state index is 5.77. The molecular weight excluding hydrogens is 228 g/mol. The van der Waals surface area contributed by atoms with Crippen LogP contribution in [-0.2, 0) is 6.54 Å². The number of aromatic nitrogens is 2. The Hall–Kier alpha value is -1.10. The van der Waals surface area contributed by atoms with Gasteiger partial charge in [-0.15, -0.1) is 5.10 Å². The molecule has 0 aromatic carbocycles. The van der Waals surface area contributed by atoms with Crippen LogP contribution in [-0.4, -0.2) is 28.8 Å². The summed E-state index contributed by atoms with van der Waals surface area (Å²) in [5.74, 6) is 0.720. The van der Waals surface area contributed by atoms with Gasteiger partial charge in [0.1, 0.15) is 0 Å². The molecule has 1 saturated heterocycles. The van der Waals surface area contributed by atoms with Crippen LogP contribution in [0.1, 0.15) is 51.3 Å². The van der Waals surface area contributed by atoms with E-state index in [0.29, 0.717) is 24.6 Å². The van der Waals surface area contributed by atoms with E-state index in [9.17, 15) is 0 Å². The lowest BCUT2D eigenvalue weighted by molar-refractivity contribution is 0.395. The van der Waals surface area contributed by atoms with Crippen molar-refractivity contribution in [2.24, 2.45) is 0 Å². The molecule has 0 amide bonds. The van der Waals surface area contributed by atoms with E-state index >= 15 is 0 Å². The second-order valence-corrected chi connectivity index (χ2v) is 5.38. The Morgan fingerprint density at radius 3 is 2.94 bits per heavy atom. The van der Waals surface area contributed by atoms with E-state index < -0.39 is 0 Å². The summed E-state index contributed by atoms with van der Waals surface area (Å²) in [6.07, 6.45) is 7.51. The van der Waals surface area contributed by atoms with Gasteiger partial charge in [0.05, 0.1) is 6.54 Å². The monoisotopic (exact) mass is 250 g/mol. The molecular formula is C13H22N4O. The van der Waals surface area contributed by atoms with Gasteiger partial charge >= 0.3 is 6.01 Å². The predicted molar refractivity (Wildman–Crippen MR) is 69.4 cm³/mol. The van der Waals surface area contributed by atoms with Crippen LogP contribution >= 0.6 is 0 Å². The number of anilines is 1. The number of rotatable bonds is 5. The third-order valence-electron chi connectivity index (χ3n) is 3.92. The van der Waals surface area contributed by atoms with Crippen LogP contribution in [0.5, 0.6) is 0 Å². The molecule has 100 valence electrons. The van der Waals surface area contributed by atoms with Gasteiger partial charge in [-0.2, -0.15) is 0 Å². The summed E-state index contributed by atoms with van der Waals surface area (Å²) in [7, 11) is 0. The molecule has 5 heteroatoms. The zero-order valence-electron chi connectivity index (χ0n) is 11.1. The van der Waals surface area contributed by atoms with Crippen molar-refractivity contribution >= 4 is 6.01 Å². The normalized spacial score (nSPS) is 24.5. The minimum absolute atomic E-state index is 0.573. The summed E-state index contributed by atoms with van der Waals surface area (Å²) in [4.78, 5) is 2.29. The second kappa shape index (κ2) is 5.26. The first-order chi connectivity index (χ1) is 8.86. The van der Waals surface area contributed by atoms with Gasteiger partial charge in [-0.25, -0.2) is 0 Å². The summed E-state index contributed by atoms with van der Waals surface area (Å²) in [5.41, 5.74) is 0. The highest BCUT2D eigenvalue weighted by molar-refractivity contribution is 5.27. The highest BCUT2D eigenvalue weighted by Crippen LogP contribution is 2.25. The lowest BCUT2D eigenvalue weighted by atomic mass is 10.0. The lowest BCUT2D eigenvalue weighted by Gasteiger charge is -2.33. The van der Waals surface area contributed by atoms with Crippen molar-refractivity contribution in [1.29, 1.82) is 0 Å². The van der Waals surface area contributed by atoms with Crippen LogP contribution < -0.4 is 10.2 Å². The van der Waals surface area contributed by atoms with Gasteiger partial charge in [-0.3, -0.25) is 0 Å². The minimum atomic E-state index is 0.573. The van der Waals surface area contributed by atoms with Crippen LogP contribution in [0.4, 0.5) is 6.01 Å². The van der Waals surface area contributed by atoms with Crippen LogP contribution in [0.2, 0.25) is 0 Å². The van der Waals surface area contributed by atoms with E-state index in [4.69, 9.17) is 4.42 Å². The fraction of sp³-hybridized carbons (Fsp3) is 0.846. The topological polar surface area (TPSA) is 54.2 Å². The molecule has 1 saturated carbocycles. The Morgan fingerprint density at radius 2 is 2.17 bits per heavy atom. The molecule has 18 heavy (non-hydrogen) atoms. The molecule has 1 aromatic heterocycles. The van der Waals surface area contributed by atoms with Gasteiger partial charge in [0, 0.05) is 18.6 Å². The molecule has 2 fully saturated rings. The highest BCUT2D eigenvalue weighted by atomic mass is 16.4. The Bertz CT molecular complexity index is 388. The van der Waals surface area contributed by atoms with Gasteiger partial charge in [0.2, 0.25) is 5.89 Å². The summed E-state index contributed by atoms with van der Waals surface area (Å²) >= 11 is 0. The molecule has 3 rings (SSSR count). The van der Waals surface area contributed by atoms with Crippen molar-refractivity contribution in [2.45, 2.75) is 64.1 Å². The van der Waals surface area contributed by atoms with Crippen molar-refractivity contribution < 1.29 is 4.42 Å². The number of hydrogen-bond acceptors (Lipinski definition) is 5. The maximum absolute atomic E-state index is 5.77. The van der Waals surface area contributed by atoms with E-state index in [1.54, 1.807) is 0 Å². The average molecular weight is 250 g/mol. The van der Waals surface area contributed by atoms with Gasteiger partial charge in [0.15, 0.2) is 0 Å². The third-order valence-corrected chi connectivity index (χ3v) is 3.92. The average Bonchev–Trinajstić information content (AvgIpc) is 3.13.